The van der Waals surface area contributed by atoms with E-state index in [0.717, 1.165) is 54.9 Å². The molecular weight excluding hydrogens is 386 g/mol. The molecule has 8 heteroatoms. The Morgan fingerprint density at radius 1 is 1.14 bits per heavy atom. The maximum absolute atomic E-state index is 10.8. The van der Waals surface area contributed by atoms with Crippen molar-refractivity contribution < 1.29 is 9.82 Å². The van der Waals surface area contributed by atoms with Crippen LogP contribution in [-0.2, 0) is 6.54 Å². The van der Waals surface area contributed by atoms with Gasteiger partial charge in [0.05, 0.1) is 31.1 Å². The van der Waals surface area contributed by atoms with Crippen molar-refractivity contribution in [2.75, 3.05) is 36.4 Å². The third-order valence-corrected chi connectivity index (χ3v) is 5.99. The number of benzene rings is 2. The molecule has 1 fully saturated rings. The lowest BCUT2D eigenvalue weighted by Gasteiger charge is -2.33. The van der Waals surface area contributed by atoms with Crippen LogP contribution in [0.15, 0.2) is 53.9 Å². The minimum absolute atomic E-state index is 0.136. The number of hydrogen-bond donors (Lipinski definition) is 2. The predicted octanol–water partition coefficient (Wildman–Crippen LogP) is 3.01. The third kappa shape index (κ3) is 4.90. The largest absolute Gasteiger partial charge is 0.360 e. The molecule has 7 nitrogen and oxygen atoms in total. The summed E-state index contributed by atoms with van der Waals surface area (Å²) in [5.74, 6) is 0. The Morgan fingerprint density at radius 3 is 2.48 bits per heavy atom. The zero-order chi connectivity index (χ0) is 20.2. The van der Waals surface area contributed by atoms with Crippen LogP contribution in [0.4, 0.5) is 22.2 Å². The van der Waals surface area contributed by atoms with Crippen LogP contribution in [-0.4, -0.2) is 36.1 Å². The van der Waals surface area contributed by atoms with E-state index < -0.39 is 0 Å². The highest BCUT2D eigenvalue weighted by atomic mass is 32.1. The van der Waals surface area contributed by atoms with E-state index in [1.807, 2.05) is 12.1 Å². The van der Waals surface area contributed by atoms with E-state index in [-0.39, 0.29) is 10.6 Å². The number of nitrogens with zero attached hydrogens (tertiary/aromatic N) is 3. The molecule has 2 heterocycles. The Labute approximate surface area is 173 Å². The van der Waals surface area contributed by atoms with E-state index >= 15 is 0 Å². The number of nitro groups is 1. The van der Waals surface area contributed by atoms with Crippen LogP contribution in [0, 0.1) is 17.0 Å². The zero-order valence-corrected chi connectivity index (χ0v) is 17.1. The van der Waals surface area contributed by atoms with Crippen molar-refractivity contribution in [3.8, 4) is 0 Å². The molecule has 1 saturated heterocycles. The molecule has 4 rings (SSSR count). The molecule has 1 aromatic heterocycles. The van der Waals surface area contributed by atoms with Crippen LogP contribution >= 0.6 is 11.3 Å². The van der Waals surface area contributed by atoms with Crippen molar-refractivity contribution in [2.24, 2.45) is 0 Å². The second-order valence-corrected chi connectivity index (χ2v) is 8.18. The molecular formula is C21H24N5O2S+. The second-order valence-electron chi connectivity index (χ2n) is 7.32. The maximum Gasteiger partial charge on any atom is 0.269 e. The minimum Gasteiger partial charge on any atom is -0.360 e. The summed E-state index contributed by atoms with van der Waals surface area (Å²) in [6, 6.07) is 15.1. The molecule has 1 aliphatic rings. The monoisotopic (exact) mass is 410 g/mol. The van der Waals surface area contributed by atoms with Crippen LogP contribution in [0.25, 0.3) is 0 Å². The lowest BCUT2D eigenvalue weighted by molar-refractivity contribution is -0.914. The highest BCUT2D eigenvalue weighted by Crippen LogP contribution is 2.21. The van der Waals surface area contributed by atoms with E-state index in [2.05, 4.69) is 46.8 Å². The van der Waals surface area contributed by atoms with Crippen LogP contribution in [0.2, 0.25) is 0 Å². The summed E-state index contributed by atoms with van der Waals surface area (Å²) in [6.07, 6.45) is 0. The van der Waals surface area contributed by atoms with Gasteiger partial charge >= 0.3 is 0 Å². The number of piperazine rings is 1. The van der Waals surface area contributed by atoms with E-state index in [1.54, 1.807) is 23.5 Å². The van der Waals surface area contributed by atoms with E-state index in [1.165, 1.54) is 10.5 Å². The van der Waals surface area contributed by atoms with Gasteiger partial charge in [-0.1, -0.05) is 17.7 Å². The highest BCUT2D eigenvalue weighted by molar-refractivity contribution is 7.13. The first-order valence-electron chi connectivity index (χ1n) is 9.68. The molecule has 3 aromatic rings. The molecule has 29 heavy (non-hydrogen) atoms. The summed E-state index contributed by atoms with van der Waals surface area (Å²) < 4.78 is 0. The number of quaternary nitrogens is 1. The summed E-state index contributed by atoms with van der Waals surface area (Å²) in [5.41, 5.74) is 4.60. The van der Waals surface area contributed by atoms with Gasteiger partial charge in [-0.15, -0.1) is 11.3 Å². The number of rotatable bonds is 6. The van der Waals surface area contributed by atoms with Crippen LogP contribution in [0.5, 0.6) is 0 Å². The van der Waals surface area contributed by atoms with Gasteiger partial charge in [-0.3, -0.25) is 10.1 Å². The Balaban J connectivity index is 1.29. The Kier molecular flexibility index (Phi) is 5.73. The lowest BCUT2D eigenvalue weighted by atomic mass is 10.2. The van der Waals surface area contributed by atoms with Gasteiger partial charge in [-0.25, -0.2) is 4.98 Å². The number of aryl methyl sites for hydroxylation is 1. The average Bonchev–Trinajstić information content (AvgIpc) is 3.17. The molecule has 0 amide bonds. The lowest BCUT2D eigenvalue weighted by Crippen LogP contribution is -3.13. The number of thiazole rings is 1. The summed E-state index contributed by atoms with van der Waals surface area (Å²) >= 11 is 1.64. The number of hydrogen-bond acceptors (Lipinski definition) is 6. The number of non-ortho nitro benzene ring substituents is 1. The summed E-state index contributed by atoms with van der Waals surface area (Å²) in [7, 11) is 0. The first-order chi connectivity index (χ1) is 14.1. The smallest absolute Gasteiger partial charge is 0.269 e. The van der Waals surface area contributed by atoms with Crippen molar-refractivity contribution in [3.63, 3.8) is 0 Å². The quantitative estimate of drug-likeness (QED) is 0.483. The molecule has 0 bridgehead atoms. The molecule has 2 aromatic carbocycles. The molecule has 2 N–H and O–H groups in total. The number of aromatic nitrogens is 1. The highest BCUT2D eigenvalue weighted by Gasteiger charge is 2.21. The summed E-state index contributed by atoms with van der Waals surface area (Å²) in [4.78, 5) is 19.0. The third-order valence-electron chi connectivity index (χ3n) is 5.18. The second kappa shape index (κ2) is 8.59. The SMILES string of the molecule is Cc1ccc(Nc2nc(C[NH+]3CCN(c4ccc([N+](=O)[O-])cc4)CC3)cs2)cc1. The van der Waals surface area contributed by atoms with Crippen molar-refractivity contribution >= 4 is 33.5 Å². The molecule has 0 aliphatic carbocycles. The topological polar surface area (TPSA) is 75.7 Å². The molecule has 150 valence electrons. The fourth-order valence-electron chi connectivity index (χ4n) is 3.51. The van der Waals surface area contributed by atoms with Crippen LogP contribution < -0.4 is 15.1 Å². The first kappa shape index (κ1) is 19.4. The molecule has 1 aliphatic heterocycles. The van der Waals surface area contributed by atoms with Gasteiger partial charge < -0.3 is 15.1 Å². The Bertz CT molecular complexity index is 963. The van der Waals surface area contributed by atoms with E-state index in [9.17, 15) is 10.1 Å². The van der Waals surface area contributed by atoms with E-state index in [0.29, 0.717) is 0 Å². The van der Waals surface area contributed by atoms with Gasteiger partial charge in [-0.2, -0.15) is 0 Å². The Morgan fingerprint density at radius 2 is 1.83 bits per heavy atom. The summed E-state index contributed by atoms with van der Waals surface area (Å²) in [5, 5.41) is 17.2. The maximum atomic E-state index is 10.8. The molecule has 0 saturated carbocycles. The van der Waals surface area contributed by atoms with Crippen molar-refractivity contribution in [3.05, 3.63) is 75.3 Å². The zero-order valence-electron chi connectivity index (χ0n) is 16.3. The van der Waals surface area contributed by atoms with Crippen LogP contribution in [0.3, 0.4) is 0 Å². The number of anilines is 3. The normalized spacial score (nSPS) is 14.7. The fraction of sp³-hybridized carbons (Fsp3) is 0.286. The predicted molar refractivity (Wildman–Crippen MR) is 116 cm³/mol. The minimum atomic E-state index is -0.359. The molecule has 0 spiro atoms. The molecule has 0 unspecified atom stereocenters. The number of nitrogens with one attached hydrogen (secondary N) is 2. The first-order valence-corrected chi connectivity index (χ1v) is 10.6. The van der Waals surface area contributed by atoms with Gasteiger partial charge in [0, 0.05) is 28.9 Å². The van der Waals surface area contributed by atoms with Gasteiger partial charge in [0.25, 0.3) is 5.69 Å². The fourth-order valence-corrected chi connectivity index (χ4v) is 4.24. The Hall–Kier alpha value is -2.97. The van der Waals surface area contributed by atoms with Crippen LogP contribution in [0.1, 0.15) is 11.3 Å². The average molecular weight is 411 g/mol. The van der Waals surface area contributed by atoms with Crippen molar-refractivity contribution in [1.82, 2.24) is 4.98 Å². The van der Waals surface area contributed by atoms with Gasteiger partial charge in [0.15, 0.2) is 5.13 Å². The van der Waals surface area contributed by atoms with E-state index in [4.69, 9.17) is 4.98 Å². The van der Waals surface area contributed by atoms with Crippen molar-refractivity contribution in [1.29, 1.82) is 0 Å². The van der Waals surface area contributed by atoms with Gasteiger partial charge in [-0.05, 0) is 31.2 Å². The summed E-state index contributed by atoms with van der Waals surface area (Å²) in [6.45, 7) is 6.91. The van der Waals surface area contributed by atoms with Gasteiger partial charge in [0.2, 0.25) is 0 Å². The molecule has 0 atom stereocenters. The van der Waals surface area contributed by atoms with Crippen molar-refractivity contribution in [2.45, 2.75) is 13.5 Å². The number of nitro benzene ring substituents is 1. The molecule has 0 radical (unpaired) electrons. The standard InChI is InChI=1S/C21H23N5O2S/c1-16-2-4-17(5-3-16)22-21-23-18(15-29-21)14-24-10-12-25(13-11-24)19-6-8-20(9-7-19)26(27)28/h2-9,15H,10-14H2,1H3,(H,22,23)/p+1. The van der Waals surface area contributed by atoms with Gasteiger partial charge in [0.1, 0.15) is 12.2 Å².